The topological polar surface area (TPSA) is 82.7 Å². The molecule has 0 aliphatic rings. The summed E-state index contributed by atoms with van der Waals surface area (Å²) in [7, 11) is 0. The van der Waals surface area contributed by atoms with Gasteiger partial charge in [-0.3, -0.25) is 4.79 Å². The Morgan fingerprint density at radius 1 is 1.29 bits per heavy atom. The van der Waals surface area contributed by atoms with Gasteiger partial charge in [0, 0.05) is 0 Å². The number of nitrogens with one attached hydrogen (secondary N) is 1. The third-order valence-corrected chi connectivity index (χ3v) is 3.26. The number of carbonyl (C=O) groups is 1. The average molecular weight is 289 g/mol. The zero-order chi connectivity index (χ0) is 15.6. The molecular weight excluding hydrogens is 270 g/mol. The molecule has 1 aromatic heterocycles. The van der Waals surface area contributed by atoms with Crippen molar-refractivity contribution in [2.45, 2.75) is 26.4 Å². The fraction of sp³-hybridized carbons (Fsp3) is 0.312. The highest BCUT2D eigenvalue weighted by Gasteiger charge is 2.28. The van der Waals surface area contributed by atoms with Crippen LogP contribution in [0.25, 0.3) is 0 Å². The smallest absolute Gasteiger partial charge is 0.255 e. The van der Waals surface area contributed by atoms with Crippen molar-refractivity contribution in [3.8, 4) is 5.75 Å². The van der Waals surface area contributed by atoms with Crippen LogP contribution in [0.4, 0.5) is 0 Å². The van der Waals surface area contributed by atoms with Crippen LogP contribution in [-0.2, 0) is 5.60 Å². The summed E-state index contributed by atoms with van der Waals surface area (Å²) < 4.78 is 5.38. The fourth-order valence-corrected chi connectivity index (χ4v) is 1.99. The van der Waals surface area contributed by atoms with Crippen LogP contribution in [0.1, 0.15) is 34.4 Å². The van der Waals surface area contributed by atoms with Crippen molar-refractivity contribution < 1.29 is 19.4 Å². The minimum Gasteiger partial charge on any atom is -0.507 e. The second-order valence-corrected chi connectivity index (χ2v) is 5.39. The molecule has 1 amide bonds. The summed E-state index contributed by atoms with van der Waals surface area (Å²) in [5, 5.41) is 22.7. The summed E-state index contributed by atoms with van der Waals surface area (Å²) >= 11 is 0. The number of aryl methyl sites for hydroxylation is 2. The Bertz CT molecular complexity index is 658. The van der Waals surface area contributed by atoms with Gasteiger partial charge < -0.3 is 19.9 Å². The maximum absolute atomic E-state index is 12.1. The van der Waals surface area contributed by atoms with Gasteiger partial charge in [-0.25, -0.2) is 0 Å². The van der Waals surface area contributed by atoms with Crippen LogP contribution in [0.3, 0.4) is 0 Å². The first-order valence-corrected chi connectivity index (χ1v) is 6.67. The van der Waals surface area contributed by atoms with Gasteiger partial charge in [0.15, 0.2) is 0 Å². The molecule has 0 saturated heterocycles. The van der Waals surface area contributed by atoms with Gasteiger partial charge in [-0.1, -0.05) is 11.6 Å². The van der Waals surface area contributed by atoms with Crippen molar-refractivity contribution in [1.82, 2.24) is 5.32 Å². The van der Waals surface area contributed by atoms with E-state index in [1.54, 1.807) is 38.1 Å². The van der Waals surface area contributed by atoms with Gasteiger partial charge in [0.25, 0.3) is 5.91 Å². The third kappa shape index (κ3) is 3.44. The number of aromatic hydroxyl groups is 1. The zero-order valence-electron chi connectivity index (χ0n) is 12.3. The second kappa shape index (κ2) is 5.61. The molecule has 1 unspecified atom stereocenters. The molecule has 5 heteroatoms. The Labute approximate surface area is 123 Å². The van der Waals surface area contributed by atoms with Gasteiger partial charge in [-0.2, -0.15) is 0 Å². The van der Waals surface area contributed by atoms with E-state index < -0.39 is 11.5 Å². The van der Waals surface area contributed by atoms with Crippen LogP contribution in [0.15, 0.2) is 34.7 Å². The molecule has 5 nitrogen and oxygen atoms in total. The van der Waals surface area contributed by atoms with Gasteiger partial charge in [-0.15, -0.1) is 0 Å². The molecule has 0 bridgehead atoms. The fourth-order valence-electron chi connectivity index (χ4n) is 1.99. The molecule has 2 rings (SSSR count). The minimum atomic E-state index is -1.32. The van der Waals surface area contributed by atoms with Crippen LogP contribution in [-0.4, -0.2) is 22.7 Å². The number of benzene rings is 1. The monoisotopic (exact) mass is 289 g/mol. The van der Waals surface area contributed by atoms with E-state index in [9.17, 15) is 15.0 Å². The van der Waals surface area contributed by atoms with E-state index in [-0.39, 0.29) is 17.9 Å². The van der Waals surface area contributed by atoms with Crippen LogP contribution in [0, 0.1) is 13.8 Å². The molecule has 1 heterocycles. The summed E-state index contributed by atoms with van der Waals surface area (Å²) in [5.74, 6) is 0.535. The maximum Gasteiger partial charge on any atom is 0.255 e. The Morgan fingerprint density at radius 2 is 2.00 bits per heavy atom. The molecule has 21 heavy (non-hydrogen) atoms. The van der Waals surface area contributed by atoms with Crippen molar-refractivity contribution in [1.29, 1.82) is 0 Å². The van der Waals surface area contributed by atoms with E-state index in [4.69, 9.17) is 4.42 Å². The number of phenols is 1. The Kier molecular flexibility index (Phi) is 4.04. The largest absolute Gasteiger partial charge is 0.507 e. The van der Waals surface area contributed by atoms with E-state index in [0.717, 1.165) is 5.56 Å². The predicted octanol–water partition coefficient (Wildman–Crippen LogP) is 2.24. The number of hydrogen-bond acceptors (Lipinski definition) is 4. The number of furan rings is 1. The molecule has 0 spiro atoms. The second-order valence-electron chi connectivity index (χ2n) is 5.39. The lowest BCUT2D eigenvalue weighted by Gasteiger charge is -2.21. The standard InChI is InChI=1S/C16H19NO4/c1-10-4-6-13(18)12(8-10)15(19)17-9-16(3,20)14-7-5-11(2)21-14/h4-8,18,20H,9H2,1-3H3,(H,17,19). The molecule has 2 aromatic rings. The van der Waals surface area contributed by atoms with Crippen LogP contribution in [0.5, 0.6) is 5.75 Å². The van der Waals surface area contributed by atoms with E-state index in [1.165, 1.54) is 6.07 Å². The average Bonchev–Trinajstić information content (AvgIpc) is 2.86. The molecule has 3 N–H and O–H groups in total. The summed E-state index contributed by atoms with van der Waals surface area (Å²) in [6.07, 6.45) is 0. The highest BCUT2D eigenvalue weighted by atomic mass is 16.4. The van der Waals surface area contributed by atoms with E-state index >= 15 is 0 Å². The van der Waals surface area contributed by atoms with Crippen LogP contribution in [0.2, 0.25) is 0 Å². The number of amides is 1. The lowest BCUT2D eigenvalue weighted by Crippen LogP contribution is -2.38. The van der Waals surface area contributed by atoms with Crippen molar-refractivity contribution >= 4 is 5.91 Å². The van der Waals surface area contributed by atoms with Gasteiger partial charge in [0.2, 0.25) is 0 Å². The lowest BCUT2D eigenvalue weighted by molar-refractivity contribution is 0.0323. The van der Waals surface area contributed by atoms with Crippen LogP contribution >= 0.6 is 0 Å². The number of aliphatic hydroxyl groups is 1. The van der Waals surface area contributed by atoms with E-state index in [1.807, 2.05) is 6.92 Å². The molecule has 0 radical (unpaired) electrons. The Balaban J connectivity index is 2.08. The van der Waals surface area contributed by atoms with E-state index in [0.29, 0.717) is 11.5 Å². The summed E-state index contributed by atoms with van der Waals surface area (Å²) in [4.78, 5) is 12.1. The summed E-state index contributed by atoms with van der Waals surface area (Å²) in [6.45, 7) is 5.15. The highest BCUT2D eigenvalue weighted by molar-refractivity contribution is 5.97. The molecule has 1 aromatic carbocycles. The first-order valence-electron chi connectivity index (χ1n) is 6.67. The van der Waals surface area contributed by atoms with Crippen molar-refractivity contribution in [3.05, 3.63) is 53.0 Å². The quantitative estimate of drug-likeness (QED) is 0.806. The molecular formula is C16H19NO4. The molecule has 1 atom stereocenters. The number of rotatable bonds is 4. The zero-order valence-corrected chi connectivity index (χ0v) is 12.3. The molecule has 0 aliphatic heterocycles. The molecule has 0 fully saturated rings. The number of phenolic OH excluding ortho intramolecular Hbond substituents is 1. The predicted molar refractivity (Wildman–Crippen MR) is 78.2 cm³/mol. The van der Waals surface area contributed by atoms with E-state index in [2.05, 4.69) is 5.32 Å². The lowest BCUT2D eigenvalue weighted by atomic mass is 10.0. The van der Waals surface area contributed by atoms with Crippen LogP contribution < -0.4 is 5.32 Å². The van der Waals surface area contributed by atoms with Crippen molar-refractivity contribution in [2.24, 2.45) is 0 Å². The molecule has 0 aliphatic carbocycles. The first-order chi connectivity index (χ1) is 9.79. The van der Waals surface area contributed by atoms with Crippen molar-refractivity contribution in [3.63, 3.8) is 0 Å². The van der Waals surface area contributed by atoms with Gasteiger partial charge in [0.1, 0.15) is 22.9 Å². The molecule has 0 saturated carbocycles. The Hall–Kier alpha value is -2.27. The third-order valence-electron chi connectivity index (χ3n) is 3.26. The van der Waals surface area contributed by atoms with Gasteiger partial charge in [-0.05, 0) is 45.0 Å². The first kappa shape index (κ1) is 15.1. The number of carbonyl (C=O) groups excluding carboxylic acids is 1. The number of hydrogen-bond donors (Lipinski definition) is 3. The van der Waals surface area contributed by atoms with Crippen molar-refractivity contribution in [2.75, 3.05) is 6.54 Å². The summed E-state index contributed by atoms with van der Waals surface area (Å²) in [6, 6.07) is 8.20. The minimum absolute atomic E-state index is 0.0217. The maximum atomic E-state index is 12.1. The molecule has 112 valence electrons. The highest BCUT2D eigenvalue weighted by Crippen LogP contribution is 2.23. The van der Waals surface area contributed by atoms with Gasteiger partial charge >= 0.3 is 0 Å². The normalized spacial score (nSPS) is 13.7. The van der Waals surface area contributed by atoms with Gasteiger partial charge in [0.05, 0.1) is 12.1 Å². The summed E-state index contributed by atoms with van der Waals surface area (Å²) in [5.41, 5.74) is -0.267. The SMILES string of the molecule is Cc1ccc(O)c(C(=O)NCC(C)(O)c2ccc(C)o2)c1. The Morgan fingerprint density at radius 3 is 2.62 bits per heavy atom.